The first kappa shape index (κ1) is 18.2. The number of ether oxygens (including phenoxy) is 2. The lowest BCUT2D eigenvalue weighted by atomic mass is 9.39. The third kappa shape index (κ3) is 1.73. The molecule has 0 amide bonds. The van der Waals surface area contributed by atoms with Gasteiger partial charge in [-0.1, -0.05) is 32.4 Å². The smallest absolute Gasteiger partial charge is 0.166 e. The predicted molar refractivity (Wildman–Crippen MR) is 109 cm³/mol. The van der Waals surface area contributed by atoms with Gasteiger partial charge in [0, 0.05) is 31.1 Å². The van der Waals surface area contributed by atoms with Crippen molar-refractivity contribution in [1.82, 2.24) is 5.32 Å². The standard InChI is InChI=1S/C24H31NO4/c1-21(2,3)22(4,27)19-13-11-24(19,28-5)20-23-8-9-25-14(17(13)23)10-12-6-7-15(26)18(29-20)16(12)23/h6-7,14,19-20,25-27H,8-11H2,1-5H3/t14?,19?,20?,22-,23?,24+/m0/s1. The zero-order chi connectivity index (χ0) is 20.6. The zero-order valence-corrected chi connectivity index (χ0v) is 17.9. The van der Waals surface area contributed by atoms with Gasteiger partial charge in [-0.15, -0.1) is 0 Å². The van der Waals surface area contributed by atoms with E-state index in [1.54, 1.807) is 13.2 Å². The van der Waals surface area contributed by atoms with Crippen molar-refractivity contribution in [3.05, 3.63) is 34.4 Å². The van der Waals surface area contributed by atoms with E-state index in [9.17, 15) is 10.2 Å². The van der Waals surface area contributed by atoms with Crippen LogP contribution in [0.5, 0.6) is 11.5 Å². The molecular weight excluding hydrogens is 366 g/mol. The van der Waals surface area contributed by atoms with Crippen LogP contribution in [0.4, 0.5) is 0 Å². The highest BCUT2D eigenvalue weighted by Gasteiger charge is 2.78. The Morgan fingerprint density at radius 3 is 2.69 bits per heavy atom. The third-order valence-electron chi connectivity index (χ3n) is 9.07. The largest absolute Gasteiger partial charge is 0.504 e. The topological polar surface area (TPSA) is 71.0 Å². The van der Waals surface area contributed by atoms with Gasteiger partial charge in [0.05, 0.1) is 11.0 Å². The maximum atomic E-state index is 11.8. The summed E-state index contributed by atoms with van der Waals surface area (Å²) in [5.41, 5.74) is 3.14. The summed E-state index contributed by atoms with van der Waals surface area (Å²) in [6, 6.07) is 4.09. The molecule has 6 atom stereocenters. The number of benzene rings is 1. The van der Waals surface area contributed by atoms with Crippen LogP contribution in [0.25, 0.3) is 0 Å². The van der Waals surface area contributed by atoms with Crippen LogP contribution in [0.1, 0.15) is 51.7 Å². The molecule has 1 saturated heterocycles. The predicted octanol–water partition coefficient (Wildman–Crippen LogP) is 2.82. The minimum absolute atomic E-state index is 0.117. The Balaban J connectivity index is 1.67. The number of phenolic OH excluding ortho intramolecular Hbond substituents is 1. The molecule has 1 saturated carbocycles. The van der Waals surface area contributed by atoms with Crippen molar-refractivity contribution in [2.75, 3.05) is 13.7 Å². The number of phenols is 1. The zero-order valence-electron chi connectivity index (χ0n) is 17.9. The molecule has 29 heavy (non-hydrogen) atoms. The van der Waals surface area contributed by atoms with Crippen LogP contribution in [-0.2, 0) is 16.6 Å². The molecule has 0 radical (unpaired) electrons. The second-order valence-electron chi connectivity index (χ2n) is 11.0. The summed E-state index contributed by atoms with van der Waals surface area (Å²) < 4.78 is 12.9. The summed E-state index contributed by atoms with van der Waals surface area (Å²) >= 11 is 0. The number of hydrogen-bond donors (Lipinski definition) is 3. The van der Waals surface area contributed by atoms with E-state index >= 15 is 0 Å². The van der Waals surface area contributed by atoms with Gasteiger partial charge in [-0.05, 0) is 48.9 Å². The van der Waals surface area contributed by atoms with Crippen LogP contribution < -0.4 is 10.1 Å². The van der Waals surface area contributed by atoms with Gasteiger partial charge in [0.2, 0.25) is 0 Å². The molecule has 6 aliphatic rings. The molecule has 4 unspecified atom stereocenters. The number of rotatable bonds is 2. The fourth-order valence-corrected chi connectivity index (χ4v) is 7.39. The summed E-state index contributed by atoms with van der Waals surface area (Å²) in [7, 11) is 1.76. The van der Waals surface area contributed by atoms with Gasteiger partial charge in [0.25, 0.3) is 0 Å². The summed E-state index contributed by atoms with van der Waals surface area (Å²) in [6.45, 7) is 9.18. The molecule has 5 nitrogen and oxygen atoms in total. The monoisotopic (exact) mass is 397 g/mol. The van der Waals surface area contributed by atoms with Crippen molar-refractivity contribution in [2.24, 2.45) is 11.3 Å². The van der Waals surface area contributed by atoms with Gasteiger partial charge in [0.1, 0.15) is 11.7 Å². The second-order valence-corrected chi connectivity index (χ2v) is 11.0. The first-order valence-corrected chi connectivity index (χ1v) is 10.9. The van der Waals surface area contributed by atoms with E-state index < -0.39 is 11.2 Å². The summed E-state index contributed by atoms with van der Waals surface area (Å²) in [4.78, 5) is 0. The van der Waals surface area contributed by atoms with Crippen LogP contribution in [0, 0.1) is 11.3 Å². The summed E-state index contributed by atoms with van der Waals surface area (Å²) in [5.74, 6) is 0.744. The normalized spacial score (nSPS) is 40.7. The lowest BCUT2D eigenvalue weighted by Crippen LogP contribution is -2.78. The van der Waals surface area contributed by atoms with E-state index in [1.165, 1.54) is 22.3 Å². The number of piperidine rings is 1. The van der Waals surface area contributed by atoms with Crippen LogP contribution in [-0.4, -0.2) is 47.2 Å². The van der Waals surface area contributed by atoms with E-state index in [-0.39, 0.29) is 34.6 Å². The maximum absolute atomic E-state index is 11.8. The highest BCUT2D eigenvalue weighted by atomic mass is 16.6. The van der Waals surface area contributed by atoms with E-state index in [1.807, 2.05) is 6.92 Å². The van der Waals surface area contributed by atoms with Crippen molar-refractivity contribution in [2.45, 2.75) is 75.7 Å². The Morgan fingerprint density at radius 1 is 1.24 bits per heavy atom. The molecule has 2 heterocycles. The van der Waals surface area contributed by atoms with Gasteiger partial charge in [-0.25, -0.2) is 0 Å². The molecule has 4 bridgehead atoms. The molecule has 3 N–H and O–H groups in total. The van der Waals surface area contributed by atoms with Crippen molar-refractivity contribution < 1.29 is 19.7 Å². The average molecular weight is 398 g/mol. The first-order chi connectivity index (χ1) is 13.6. The van der Waals surface area contributed by atoms with E-state index in [4.69, 9.17) is 9.47 Å². The fourth-order valence-electron chi connectivity index (χ4n) is 7.39. The number of hydrogen-bond acceptors (Lipinski definition) is 5. The number of methoxy groups -OCH3 is 1. The quantitative estimate of drug-likeness (QED) is 0.670. The van der Waals surface area contributed by atoms with Crippen molar-refractivity contribution in [3.63, 3.8) is 0 Å². The van der Waals surface area contributed by atoms with Gasteiger partial charge in [-0.2, -0.15) is 0 Å². The minimum atomic E-state index is -0.944. The Labute approximate surface area is 172 Å². The number of nitrogens with one attached hydrogen (secondary N) is 1. The second kappa shape index (κ2) is 5.01. The molecule has 7 rings (SSSR count). The van der Waals surface area contributed by atoms with E-state index in [0.717, 1.165) is 25.8 Å². The molecule has 156 valence electrons. The SMILES string of the molecule is CO[C@@]12CC(=C3C4Cc5ccc(O)c6c5C3(CCN4)C1O6)C2[C@](C)(O)C(C)(C)C. The molecule has 5 heteroatoms. The molecule has 1 aromatic rings. The minimum Gasteiger partial charge on any atom is -0.504 e. The van der Waals surface area contributed by atoms with E-state index in [0.29, 0.717) is 5.75 Å². The van der Waals surface area contributed by atoms with Gasteiger partial charge in [-0.3, -0.25) is 0 Å². The number of aliphatic hydroxyl groups is 1. The lowest BCUT2D eigenvalue weighted by Gasteiger charge is -2.69. The highest BCUT2D eigenvalue weighted by molar-refractivity contribution is 5.69. The number of aromatic hydroxyl groups is 1. The lowest BCUT2D eigenvalue weighted by molar-refractivity contribution is -0.242. The van der Waals surface area contributed by atoms with Crippen molar-refractivity contribution in [3.8, 4) is 11.5 Å². The molecule has 1 aromatic carbocycles. The van der Waals surface area contributed by atoms with Crippen LogP contribution in [0.2, 0.25) is 0 Å². The third-order valence-corrected chi connectivity index (χ3v) is 9.07. The van der Waals surface area contributed by atoms with E-state index in [2.05, 4.69) is 32.2 Å². The molecule has 2 aliphatic heterocycles. The molecule has 2 fully saturated rings. The Kier molecular flexibility index (Phi) is 3.15. The fraction of sp³-hybridized carbons (Fsp3) is 0.667. The average Bonchev–Trinajstić information content (AvgIpc) is 2.96. The summed E-state index contributed by atoms with van der Waals surface area (Å²) in [5, 5.41) is 26.2. The Hall–Kier alpha value is -1.56. The van der Waals surface area contributed by atoms with Crippen LogP contribution in [0.15, 0.2) is 23.3 Å². The summed E-state index contributed by atoms with van der Waals surface area (Å²) in [6.07, 6.45) is 2.42. The van der Waals surface area contributed by atoms with Crippen molar-refractivity contribution in [1.29, 1.82) is 0 Å². The molecule has 0 aromatic heterocycles. The van der Waals surface area contributed by atoms with Gasteiger partial charge in [0.15, 0.2) is 11.5 Å². The maximum Gasteiger partial charge on any atom is 0.166 e. The highest BCUT2D eigenvalue weighted by Crippen LogP contribution is 2.73. The van der Waals surface area contributed by atoms with Gasteiger partial charge >= 0.3 is 0 Å². The van der Waals surface area contributed by atoms with Crippen LogP contribution in [0.3, 0.4) is 0 Å². The first-order valence-electron chi connectivity index (χ1n) is 10.9. The Morgan fingerprint density at radius 2 is 2.00 bits per heavy atom. The molecular formula is C24H31NO4. The Bertz CT molecular complexity index is 974. The molecule has 1 spiro atoms. The van der Waals surface area contributed by atoms with Gasteiger partial charge < -0.3 is 25.0 Å². The van der Waals surface area contributed by atoms with Crippen molar-refractivity contribution >= 4 is 0 Å². The molecule has 4 aliphatic carbocycles. The van der Waals surface area contributed by atoms with Crippen LogP contribution >= 0.6 is 0 Å².